The highest BCUT2D eigenvalue weighted by Gasteiger charge is 2.35. The summed E-state index contributed by atoms with van der Waals surface area (Å²) in [6, 6.07) is 6.88. The number of rotatable bonds is 2. The molecule has 2 fully saturated rings. The van der Waals surface area contributed by atoms with E-state index in [4.69, 9.17) is 5.26 Å². The highest BCUT2D eigenvalue weighted by molar-refractivity contribution is 5.78. The van der Waals surface area contributed by atoms with Gasteiger partial charge in [0.2, 0.25) is 5.91 Å². The van der Waals surface area contributed by atoms with Crippen LogP contribution in [0.1, 0.15) is 24.0 Å². The number of benzene rings is 1. The van der Waals surface area contributed by atoms with Crippen LogP contribution in [-0.2, 0) is 11.3 Å². The summed E-state index contributed by atoms with van der Waals surface area (Å²) in [6.45, 7) is 3.18. The molecular weight excluding hydrogens is 257 g/mol. The number of piperazine rings is 1. The van der Waals surface area contributed by atoms with Gasteiger partial charge in [-0.1, -0.05) is 6.07 Å². The molecule has 0 bridgehead atoms. The number of hydrogen-bond acceptors (Lipinski definition) is 3. The highest BCUT2D eigenvalue weighted by atomic mass is 19.1. The molecule has 1 aromatic carbocycles. The second-order valence-corrected chi connectivity index (χ2v) is 5.44. The summed E-state index contributed by atoms with van der Waals surface area (Å²) in [7, 11) is 0. The molecule has 1 atom stereocenters. The van der Waals surface area contributed by atoms with Gasteiger partial charge in [-0.15, -0.1) is 0 Å². The number of nitrogens with zero attached hydrogens (tertiary/aromatic N) is 3. The molecule has 4 nitrogen and oxygen atoms in total. The van der Waals surface area contributed by atoms with Crippen molar-refractivity contribution in [1.82, 2.24) is 9.80 Å². The number of carbonyl (C=O) groups excluding carboxylic acids is 1. The third-order valence-electron chi connectivity index (χ3n) is 4.14. The standard InChI is InChI=1S/C15H16FN3O/c16-14-3-1-11(7-12(14)8-17)9-18-5-6-19-13(10-18)2-4-15(19)20/h1,3,7,13H,2,4-6,9-10H2. The average Bonchev–Trinajstić information content (AvgIpc) is 2.82. The SMILES string of the molecule is N#Cc1cc(CN2CCN3C(=O)CCC3C2)ccc1F. The zero-order valence-electron chi connectivity index (χ0n) is 11.2. The molecule has 1 aromatic rings. The molecule has 0 aromatic heterocycles. The molecule has 1 unspecified atom stereocenters. The fourth-order valence-electron chi connectivity index (χ4n) is 3.09. The molecule has 5 heteroatoms. The minimum Gasteiger partial charge on any atom is -0.337 e. The normalized spacial score (nSPS) is 22.7. The second kappa shape index (κ2) is 5.22. The van der Waals surface area contributed by atoms with Gasteiger partial charge in [-0.2, -0.15) is 5.26 Å². The fraction of sp³-hybridized carbons (Fsp3) is 0.467. The maximum atomic E-state index is 13.3. The molecule has 2 aliphatic heterocycles. The van der Waals surface area contributed by atoms with Crippen molar-refractivity contribution in [3.05, 3.63) is 35.1 Å². The van der Waals surface area contributed by atoms with Crippen LogP contribution in [0.3, 0.4) is 0 Å². The Morgan fingerprint density at radius 1 is 1.40 bits per heavy atom. The van der Waals surface area contributed by atoms with E-state index in [2.05, 4.69) is 4.90 Å². The summed E-state index contributed by atoms with van der Waals surface area (Å²) in [5, 5.41) is 8.85. The van der Waals surface area contributed by atoms with Gasteiger partial charge in [0, 0.05) is 38.6 Å². The van der Waals surface area contributed by atoms with Crippen molar-refractivity contribution in [3.8, 4) is 6.07 Å². The topological polar surface area (TPSA) is 47.3 Å². The summed E-state index contributed by atoms with van der Waals surface area (Å²) in [5.41, 5.74) is 1.04. The number of nitriles is 1. The molecule has 20 heavy (non-hydrogen) atoms. The van der Waals surface area contributed by atoms with Crippen molar-refractivity contribution in [2.45, 2.75) is 25.4 Å². The lowest BCUT2D eigenvalue weighted by Gasteiger charge is -2.37. The molecule has 3 rings (SSSR count). The number of fused-ring (bicyclic) bond motifs is 1. The summed E-state index contributed by atoms with van der Waals surface area (Å²) < 4.78 is 13.3. The van der Waals surface area contributed by atoms with E-state index in [0.717, 1.165) is 31.6 Å². The zero-order valence-corrected chi connectivity index (χ0v) is 11.2. The summed E-state index contributed by atoms with van der Waals surface area (Å²) in [6.07, 6.45) is 1.59. The lowest BCUT2D eigenvalue weighted by Crippen LogP contribution is -2.50. The molecule has 0 N–H and O–H groups in total. The lowest BCUT2D eigenvalue weighted by molar-refractivity contribution is -0.130. The maximum Gasteiger partial charge on any atom is 0.222 e. The van der Waals surface area contributed by atoms with Crippen molar-refractivity contribution in [1.29, 1.82) is 5.26 Å². The Kier molecular flexibility index (Phi) is 3.41. The predicted octanol–water partition coefficient (Wildman–Crippen LogP) is 1.50. The quantitative estimate of drug-likeness (QED) is 0.820. The van der Waals surface area contributed by atoms with Crippen molar-refractivity contribution in [3.63, 3.8) is 0 Å². The van der Waals surface area contributed by atoms with E-state index in [-0.39, 0.29) is 11.5 Å². The van der Waals surface area contributed by atoms with Crippen molar-refractivity contribution >= 4 is 5.91 Å². The predicted molar refractivity (Wildman–Crippen MR) is 71.1 cm³/mol. The van der Waals surface area contributed by atoms with E-state index < -0.39 is 5.82 Å². The Morgan fingerprint density at radius 2 is 2.25 bits per heavy atom. The van der Waals surface area contributed by atoms with Gasteiger partial charge in [0.05, 0.1) is 5.56 Å². The third-order valence-corrected chi connectivity index (χ3v) is 4.14. The van der Waals surface area contributed by atoms with Crippen LogP contribution >= 0.6 is 0 Å². The summed E-state index contributed by atoms with van der Waals surface area (Å²) in [4.78, 5) is 15.9. The van der Waals surface area contributed by atoms with Gasteiger partial charge >= 0.3 is 0 Å². The van der Waals surface area contributed by atoms with Crippen LogP contribution in [0.4, 0.5) is 4.39 Å². The molecular formula is C15H16FN3O. The van der Waals surface area contributed by atoms with Gasteiger partial charge in [0.15, 0.2) is 0 Å². The van der Waals surface area contributed by atoms with Crippen LogP contribution in [0.15, 0.2) is 18.2 Å². The Bertz CT molecular complexity index is 581. The Hall–Kier alpha value is -1.93. The summed E-state index contributed by atoms with van der Waals surface area (Å²) >= 11 is 0. The van der Waals surface area contributed by atoms with Gasteiger partial charge in [-0.25, -0.2) is 4.39 Å². The Labute approximate surface area is 117 Å². The minimum absolute atomic E-state index is 0.0946. The zero-order chi connectivity index (χ0) is 14.1. The number of carbonyl (C=O) groups is 1. The third kappa shape index (κ3) is 2.39. The van der Waals surface area contributed by atoms with E-state index in [0.29, 0.717) is 19.0 Å². The van der Waals surface area contributed by atoms with E-state index in [1.54, 1.807) is 12.1 Å². The smallest absolute Gasteiger partial charge is 0.222 e. The average molecular weight is 273 g/mol. The van der Waals surface area contributed by atoms with Crippen LogP contribution in [0.25, 0.3) is 0 Å². The van der Waals surface area contributed by atoms with Crippen LogP contribution in [0.5, 0.6) is 0 Å². The lowest BCUT2D eigenvalue weighted by atomic mass is 10.1. The first kappa shape index (κ1) is 13.1. The van der Waals surface area contributed by atoms with E-state index >= 15 is 0 Å². The van der Waals surface area contributed by atoms with Gasteiger partial charge < -0.3 is 4.90 Å². The van der Waals surface area contributed by atoms with Crippen LogP contribution in [0.2, 0.25) is 0 Å². The Balaban J connectivity index is 1.67. The number of amides is 1. The van der Waals surface area contributed by atoms with Crippen LogP contribution in [0, 0.1) is 17.1 Å². The molecule has 0 radical (unpaired) electrons. The first-order valence-corrected chi connectivity index (χ1v) is 6.88. The molecule has 1 amide bonds. The highest BCUT2D eigenvalue weighted by Crippen LogP contribution is 2.24. The molecule has 0 saturated carbocycles. The van der Waals surface area contributed by atoms with Crippen molar-refractivity contribution in [2.75, 3.05) is 19.6 Å². The van der Waals surface area contributed by atoms with E-state index in [1.165, 1.54) is 6.07 Å². The Morgan fingerprint density at radius 3 is 3.05 bits per heavy atom. The fourth-order valence-corrected chi connectivity index (χ4v) is 3.09. The van der Waals surface area contributed by atoms with Gasteiger partial charge in [-0.3, -0.25) is 9.69 Å². The van der Waals surface area contributed by atoms with Crippen LogP contribution < -0.4 is 0 Å². The largest absolute Gasteiger partial charge is 0.337 e. The number of halogens is 1. The van der Waals surface area contributed by atoms with Crippen molar-refractivity contribution < 1.29 is 9.18 Å². The molecule has 2 aliphatic rings. The van der Waals surface area contributed by atoms with Crippen LogP contribution in [-0.4, -0.2) is 41.4 Å². The first-order chi connectivity index (χ1) is 9.67. The first-order valence-electron chi connectivity index (χ1n) is 6.88. The van der Waals surface area contributed by atoms with Gasteiger partial charge in [0.1, 0.15) is 11.9 Å². The molecule has 2 heterocycles. The maximum absolute atomic E-state index is 13.3. The molecule has 104 valence electrons. The monoisotopic (exact) mass is 273 g/mol. The van der Waals surface area contributed by atoms with E-state index in [1.807, 2.05) is 11.0 Å². The summed E-state index contributed by atoms with van der Waals surface area (Å²) in [5.74, 6) is -0.203. The van der Waals surface area contributed by atoms with Crippen molar-refractivity contribution in [2.24, 2.45) is 0 Å². The number of hydrogen-bond donors (Lipinski definition) is 0. The van der Waals surface area contributed by atoms with E-state index in [9.17, 15) is 9.18 Å². The second-order valence-electron chi connectivity index (χ2n) is 5.44. The molecule has 2 saturated heterocycles. The van der Waals surface area contributed by atoms with Gasteiger partial charge in [0.25, 0.3) is 0 Å². The minimum atomic E-state index is -0.470. The molecule has 0 spiro atoms. The van der Waals surface area contributed by atoms with Gasteiger partial charge in [-0.05, 0) is 24.1 Å². The molecule has 0 aliphatic carbocycles.